The Hall–Kier alpha value is -3.20. The molecular formula is C22H22FN5O2S. The third kappa shape index (κ3) is 4.32. The summed E-state index contributed by atoms with van der Waals surface area (Å²) in [5.74, 6) is 0.318. The molecule has 0 radical (unpaired) electrons. The second-order valence-corrected chi connectivity index (χ2v) is 8.39. The van der Waals surface area contributed by atoms with Crippen molar-refractivity contribution < 1.29 is 9.18 Å². The lowest BCUT2D eigenvalue weighted by atomic mass is 10.2. The van der Waals surface area contributed by atoms with Gasteiger partial charge in [-0.1, -0.05) is 42.1 Å². The van der Waals surface area contributed by atoms with E-state index in [0.29, 0.717) is 33.2 Å². The van der Waals surface area contributed by atoms with Gasteiger partial charge in [0.05, 0.1) is 10.9 Å². The molecule has 0 fully saturated rings. The Morgan fingerprint density at radius 2 is 1.87 bits per heavy atom. The molecule has 7 nitrogen and oxygen atoms in total. The normalized spacial score (nSPS) is 11.5. The van der Waals surface area contributed by atoms with Crippen LogP contribution in [0.2, 0.25) is 0 Å². The monoisotopic (exact) mass is 439 g/mol. The van der Waals surface area contributed by atoms with E-state index in [9.17, 15) is 14.0 Å². The minimum atomic E-state index is -0.276. The van der Waals surface area contributed by atoms with Crippen molar-refractivity contribution in [3.05, 3.63) is 70.3 Å². The van der Waals surface area contributed by atoms with Crippen molar-refractivity contribution in [3.63, 3.8) is 0 Å². The van der Waals surface area contributed by atoms with Crippen LogP contribution in [0.25, 0.3) is 16.7 Å². The number of nitrogens with one attached hydrogen (secondary N) is 1. The molecule has 0 unspecified atom stereocenters. The van der Waals surface area contributed by atoms with Crippen molar-refractivity contribution in [2.75, 3.05) is 0 Å². The number of carbonyl (C=O) groups is 1. The van der Waals surface area contributed by atoms with Crippen molar-refractivity contribution in [3.8, 4) is 0 Å². The number of aromatic nitrogens is 4. The number of amides is 1. The van der Waals surface area contributed by atoms with Crippen molar-refractivity contribution in [1.82, 2.24) is 24.5 Å². The average Bonchev–Trinajstić information content (AvgIpc) is 3.16. The quantitative estimate of drug-likeness (QED) is 0.447. The molecule has 4 aromatic rings. The van der Waals surface area contributed by atoms with Gasteiger partial charge in [0.2, 0.25) is 11.7 Å². The first-order chi connectivity index (χ1) is 15.0. The molecule has 1 amide bonds. The molecule has 2 aromatic carbocycles. The number of benzene rings is 2. The van der Waals surface area contributed by atoms with Gasteiger partial charge in [-0.15, -0.1) is 10.2 Å². The summed E-state index contributed by atoms with van der Waals surface area (Å²) < 4.78 is 17.3. The van der Waals surface area contributed by atoms with Crippen LogP contribution in [0.1, 0.15) is 25.8 Å². The molecule has 0 aliphatic heterocycles. The number of hydrogen-bond acceptors (Lipinski definition) is 5. The predicted molar refractivity (Wildman–Crippen MR) is 119 cm³/mol. The average molecular weight is 440 g/mol. The summed E-state index contributed by atoms with van der Waals surface area (Å²) in [5.41, 5.74) is 1.01. The fraction of sp³-hybridized carbons (Fsp3) is 0.273. The summed E-state index contributed by atoms with van der Waals surface area (Å²) in [4.78, 5) is 25.2. The van der Waals surface area contributed by atoms with E-state index >= 15 is 0 Å². The number of fused-ring (bicyclic) bond motifs is 3. The molecule has 0 saturated carbocycles. The first-order valence-electron chi connectivity index (χ1n) is 9.98. The Kier molecular flexibility index (Phi) is 6.03. The van der Waals surface area contributed by atoms with Gasteiger partial charge in [0.15, 0.2) is 5.16 Å². The third-order valence-electron chi connectivity index (χ3n) is 4.80. The van der Waals surface area contributed by atoms with Gasteiger partial charge in [-0.25, -0.2) is 4.39 Å². The van der Waals surface area contributed by atoms with Gasteiger partial charge in [0.1, 0.15) is 5.82 Å². The van der Waals surface area contributed by atoms with Crippen LogP contribution in [-0.4, -0.2) is 31.1 Å². The lowest BCUT2D eigenvalue weighted by Crippen LogP contribution is -2.32. The molecule has 2 aromatic heterocycles. The minimum Gasteiger partial charge on any atom is -0.354 e. The summed E-state index contributed by atoms with van der Waals surface area (Å²) in [6, 6.07) is 13.8. The lowest BCUT2D eigenvalue weighted by molar-refractivity contribution is -0.121. The standard InChI is InChI=1S/C22H22FN5O2S/c1-14(2)24-19(29)11-12-27-20(30)16-8-4-6-10-18(16)28-21(27)25-26-22(28)31-13-15-7-3-5-9-17(15)23/h3-10,14H,11-13H2,1-2H3,(H,24,29). The molecule has 0 aliphatic rings. The van der Waals surface area contributed by atoms with Gasteiger partial charge in [0, 0.05) is 24.8 Å². The third-order valence-corrected chi connectivity index (χ3v) is 5.78. The van der Waals surface area contributed by atoms with E-state index in [1.165, 1.54) is 22.4 Å². The first kappa shape index (κ1) is 21.0. The van der Waals surface area contributed by atoms with E-state index < -0.39 is 0 Å². The fourth-order valence-corrected chi connectivity index (χ4v) is 4.32. The molecule has 4 rings (SSSR count). The smallest absolute Gasteiger partial charge is 0.262 e. The van der Waals surface area contributed by atoms with E-state index in [2.05, 4.69) is 15.5 Å². The van der Waals surface area contributed by atoms with Crippen LogP contribution in [0, 0.1) is 5.82 Å². The SMILES string of the molecule is CC(C)NC(=O)CCn1c(=O)c2ccccc2n2c(SCc3ccccc3F)nnc12. The summed E-state index contributed by atoms with van der Waals surface area (Å²) in [6.07, 6.45) is 0.149. The highest BCUT2D eigenvalue weighted by molar-refractivity contribution is 7.98. The van der Waals surface area contributed by atoms with Crippen molar-refractivity contribution in [2.24, 2.45) is 0 Å². The van der Waals surface area contributed by atoms with Crippen molar-refractivity contribution in [1.29, 1.82) is 0 Å². The van der Waals surface area contributed by atoms with Crippen LogP contribution in [-0.2, 0) is 17.1 Å². The molecule has 0 bridgehead atoms. The highest BCUT2D eigenvalue weighted by Gasteiger charge is 2.18. The number of rotatable bonds is 7. The van der Waals surface area contributed by atoms with Crippen LogP contribution in [0.5, 0.6) is 0 Å². The maximum atomic E-state index is 14.0. The Bertz CT molecular complexity index is 1310. The number of aryl methyl sites for hydroxylation is 1. The fourth-order valence-electron chi connectivity index (χ4n) is 3.39. The van der Waals surface area contributed by atoms with Crippen LogP contribution in [0.15, 0.2) is 58.5 Å². The van der Waals surface area contributed by atoms with Crippen LogP contribution in [0.4, 0.5) is 4.39 Å². The first-order valence-corrected chi connectivity index (χ1v) is 11.0. The van der Waals surface area contributed by atoms with Gasteiger partial charge >= 0.3 is 0 Å². The minimum absolute atomic E-state index is 0.0234. The van der Waals surface area contributed by atoms with Gasteiger partial charge in [0.25, 0.3) is 5.56 Å². The van der Waals surface area contributed by atoms with Crippen LogP contribution in [0.3, 0.4) is 0 Å². The zero-order valence-corrected chi connectivity index (χ0v) is 18.0. The zero-order chi connectivity index (χ0) is 22.0. The number of halogens is 1. The highest BCUT2D eigenvalue weighted by Crippen LogP contribution is 2.25. The van der Waals surface area contributed by atoms with Gasteiger partial charge in [-0.2, -0.15) is 0 Å². The molecule has 0 saturated heterocycles. The predicted octanol–water partition coefficient (Wildman–Crippen LogP) is 3.39. The number of hydrogen-bond donors (Lipinski definition) is 1. The molecular weight excluding hydrogens is 417 g/mol. The largest absolute Gasteiger partial charge is 0.354 e. The Morgan fingerprint density at radius 1 is 1.13 bits per heavy atom. The zero-order valence-electron chi connectivity index (χ0n) is 17.2. The maximum Gasteiger partial charge on any atom is 0.262 e. The van der Waals surface area contributed by atoms with Crippen molar-refractivity contribution in [2.45, 2.75) is 43.8 Å². The molecule has 160 valence electrons. The summed E-state index contributed by atoms with van der Waals surface area (Å²) in [6.45, 7) is 3.95. The summed E-state index contributed by atoms with van der Waals surface area (Å²) in [5, 5.41) is 12.4. The molecule has 0 atom stereocenters. The van der Waals surface area contributed by atoms with E-state index in [1.807, 2.05) is 26.0 Å². The summed E-state index contributed by atoms with van der Waals surface area (Å²) >= 11 is 1.34. The molecule has 31 heavy (non-hydrogen) atoms. The Morgan fingerprint density at radius 3 is 2.65 bits per heavy atom. The second-order valence-electron chi connectivity index (χ2n) is 7.44. The lowest BCUT2D eigenvalue weighted by Gasteiger charge is -2.12. The maximum absolute atomic E-state index is 14.0. The Balaban J connectivity index is 1.74. The van der Waals surface area contributed by atoms with E-state index in [4.69, 9.17) is 0 Å². The molecule has 2 heterocycles. The van der Waals surface area contributed by atoms with E-state index in [1.54, 1.807) is 34.7 Å². The van der Waals surface area contributed by atoms with Crippen LogP contribution < -0.4 is 10.9 Å². The highest BCUT2D eigenvalue weighted by atomic mass is 32.2. The van der Waals surface area contributed by atoms with Gasteiger partial charge in [-0.3, -0.25) is 18.6 Å². The van der Waals surface area contributed by atoms with Gasteiger partial charge in [-0.05, 0) is 37.6 Å². The van der Waals surface area contributed by atoms with Crippen LogP contribution >= 0.6 is 11.8 Å². The van der Waals surface area contributed by atoms with Crippen molar-refractivity contribution >= 4 is 34.3 Å². The number of thioether (sulfide) groups is 1. The topological polar surface area (TPSA) is 81.3 Å². The molecule has 9 heteroatoms. The number of para-hydroxylation sites is 1. The van der Waals surface area contributed by atoms with E-state index in [-0.39, 0.29) is 36.3 Å². The van der Waals surface area contributed by atoms with Gasteiger partial charge < -0.3 is 5.32 Å². The van der Waals surface area contributed by atoms with E-state index in [0.717, 1.165) is 0 Å². The second kappa shape index (κ2) is 8.89. The molecule has 1 N–H and O–H groups in total. The molecule has 0 aliphatic carbocycles. The molecule has 0 spiro atoms. The number of nitrogens with zero attached hydrogens (tertiary/aromatic N) is 4. The number of carbonyl (C=O) groups excluding carboxylic acids is 1. The Labute approximate surface area is 182 Å². The summed E-state index contributed by atoms with van der Waals surface area (Å²) in [7, 11) is 0.